The Kier molecular flexibility index (Phi) is 5.27. The lowest BCUT2D eigenvalue weighted by atomic mass is 9.94. The van der Waals surface area contributed by atoms with Gasteiger partial charge in [0.15, 0.2) is 0 Å². The van der Waals surface area contributed by atoms with Crippen molar-refractivity contribution in [3.8, 4) is 11.6 Å². The highest BCUT2D eigenvalue weighted by Gasteiger charge is 2.28. The molecule has 1 saturated heterocycles. The highest BCUT2D eigenvalue weighted by atomic mass is 19.1. The fourth-order valence-electron chi connectivity index (χ4n) is 3.37. The monoisotopic (exact) mass is 381 g/mol. The number of ether oxygens (including phenoxy) is 1. The van der Waals surface area contributed by atoms with E-state index in [-0.39, 0.29) is 24.2 Å². The molecule has 4 rings (SSSR count). The molecule has 8 heteroatoms. The Labute approximate surface area is 161 Å². The fraction of sp³-hybridized carbons (Fsp3) is 0.300. The highest BCUT2D eigenvalue weighted by molar-refractivity contribution is 5.76. The van der Waals surface area contributed by atoms with Gasteiger partial charge in [0.2, 0.25) is 11.8 Å². The minimum absolute atomic E-state index is 0.0262. The molecule has 3 aromatic rings. The molecule has 0 radical (unpaired) electrons. The molecule has 1 fully saturated rings. The summed E-state index contributed by atoms with van der Waals surface area (Å²) in [4.78, 5) is 23.2. The van der Waals surface area contributed by atoms with Crippen LogP contribution < -0.4 is 4.74 Å². The van der Waals surface area contributed by atoms with E-state index in [4.69, 9.17) is 4.74 Å². The van der Waals surface area contributed by atoms with E-state index < -0.39 is 0 Å². The van der Waals surface area contributed by atoms with Crippen LogP contribution in [0.25, 0.3) is 0 Å². The van der Waals surface area contributed by atoms with Gasteiger partial charge in [-0.1, -0.05) is 0 Å². The van der Waals surface area contributed by atoms with Crippen molar-refractivity contribution in [1.29, 1.82) is 0 Å². The van der Waals surface area contributed by atoms with Crippen LogP contribution in [0.1, 0.15) is 24.5 Å². The third-order valence-corrected chi connectivity index (χ3v) is 4.74. The predicted molar refractivity (Wildman–Crippen MR) is 99.3 cm³/mol. The first kappa shape index (κ1) is 18.1. The number of hydrogen-bond acceptors (Lipinski definition) is 5. The zero-order valence-corrected chi connectivity index (χ0v) is 15.2. The Morgan fingerprint density at radius 1 is 1.18 bits per heavy atom. The Morgan fingerprint density at radius 2 is 2.00 bits per heavy atom. The van der Waals surface area contributed by atoms with E-state index in [1.807, 2.05) is 4.90 Å². The number of hydrogen-bond donors (Lipinski definition) is 0. The van der Waals surface area contributed by atoms with Crippen LogP contribution in [0.15, 0.2) is 55.1 Å². The van der Waals surface area contributed by atoms with Crippen molar-refractivity contribution in [3.63, 3.8) is 0 Å². The third kappa shape index (κ3) is 4.16. The number of benzene rings is 1. The van der Waals surface area contributed by atoms with Crippen molar-refractivity contribution in [2.75, 3.05) is 13.1 Å². The highest BCUT2D eigenvalue weighted by Crippen LogP contribution is 2.32. The Morgan fingerprint density at radius 3 is 2.79 bits per heavy atom. The van der Waals surface area contributed by atoms with Crippen LogP contribution >= 0.6 is 0 Å². The van der Waals surface area contributed by atoms with Crippen molar-refractivity contribution < 1.29 is 13.9 Å². The molecule has 1 aromatic carbocycles. The second-order valence-electron chi connectivity index (χ2n) is 6.69. The van der Waals surface area contributed by atoms with Crippen molar-refractivity contribution in [2.24, 2.45) is 0 Å². The molecule has 0 saturated carbocycles. The number of nitrogens with zero attached hydrogens (tertiary/aromatic N) is 5. The van der Waals surface area contributed by atoms with E-state index in [2.05, 4.69) is 15.1 Å². The topological polar surface area (TPSA) is 73.1 Å². The molecule has 1 atom stereocenters. The zero-order chi connectivity index (χ0) is 19.3. The van der Waals surface area contributed by atoms with E-state index in [1.165, 1.54) is 12.1 Å². The molecular formula is C20H20FN5O2. The number of likely N-dealkylation sites (tertiary alicyclic amines) is 1. The maximum atomic E-state index is 13.1. The van der Waals surface area contributed by atoms with Gasteiger partial charge in [-0.3, -0.25) is 14.5 Å². The molecule has 0 aliphatic carbocycles. The minimum Gasteiger partial charge on any atom is -0.437 e. The van der Waals surface area contributed by atoms with Gasteiger partial charge in [0.25, 0.3) is 0 Å². The molecule has 0 N–H and O–H groups in total. The smallest absolute Gasteiger partial charge is 0.244 e. The molecule has 0 bridgehead atoms. The fourth-order valence-corrected chi connectivity index (χ4v) is 3.37. The summed E-state index contributed by atoms with van der Waals surface area (Å²) in [5, 5.41) is 4.10. The van der Waals surface area contributed by atoms with Crippen molar-refractivity contribution in [1.82, 2.24) is 24.6 Å². The largest absolute Gasteiger partial charge is 0.437 e. The first-order valence-corrected chi connectivity index (χ1v) is 9.18. The molecule has 7 nitrogen and oxygen atoms in total. The molecule has 144 valence electrons. The minimum atomic E-state index is -0.328. The van der Waals surface area contributed by atoms with Crippen LogP contribution in [0, 0.1) is 5.82 Å². The lowest BCUT2D eigenvalue weighted by Crippen LogP contribution is -2.41. The normalized spacial score (nSPS) is 16.8. The van der Waals surface area contributed by atoms with Crippen LogP contribution in [-0.2, 0) is 11.3 Å². The van der Waals surface area contributed by atoms with Crippen LogP contribution in [0.2, 0.25) is 0 Å². The molecule has 1 aliphatic rings. The predicted octanol–water partition coefficient (Wildman–Crippen LogP) is 3.01. The molecule has 28 heavy (non-hydrogen) atoms. The standard InChI is InChI=1S/C20H20FN5O2/c21-16-4-6-17(7-5-16)28-20-19(22-9-10-23-20)15-3-1-11-25(13-15)18(27)14-26-12-2-8-24-26/h2,4-10,12,15H,1,3,11,13-14H2/t15-/m1/s1. The molecule has 1 aliphatic heterocycles. The summed E-state index contributed by atoms with van der Waals surface area (Å²) in [7, 11) is 0. The maximum Gasteiger partial charge on any atom is 0.244 e. The van der Waals surface area contributed by atoms with Crippen LogP contribution in [-0.4, -0.2) is 43.6 Å². The second-order valence-corrected chi connectivity index (χ2v) is 6.69. The van der Waals surface area contributed by atoms with E-state index in [0.29, 0.717) is 30.4 Å². The Hall–Kier alpha value is -3.29. The van der Waals surface area contributed by atoms with E-state index in [1.54, 1.807) is 47.7 Å². The summed E-state index contributed by atoms with van der Waals surface area (Å²) in [5.41, 5.74) is 0.711. The maximum absolute atomic E-state index is 13.1. The number of amides is 1. The summed E-state index contributed by atoms with van der Waals surface area (Å²) in [6.45, 7) is 1.49. The molecule has 0 unspecified atom stereocenters. The first-order valence-electron chi connectivity index (χ1n) is 9.18. The van der Waals surface area contributed by atoms with Gasteiger partial charge in [0.05, 0.1) is 0 Å². The number of piperidine rings is 1. The quantitative estimate of drug-likeness (QED) is 0.679. The van der Waals surface area contributed by atoms with Crippen molar-refractivity contribution in [2.45, 2.75) is 25.3 Å². The second kappa shape index (κ2) is 8.16. The van der Waals surface area contributed by atoms with Crippen LogP contribution in [0.4, 0.5) is 4.39 Å². The molecule has 3 heterocycles. The zero-order valence-electron chi connectivity index (χ0n) is 15.2. The van der Waals surface area contributed by atoms with Gasteiger partial charge in [0, 0.05) is 43.8 Å². The number of rotatable bonds is 5. The van der Waals surface area contributed by atoms with Gasteiger partial charge < -0.3 is 9.64 Å². The van der Waals surface area contributed by atoms with Gasteiger partial charge in [0.1, 0.15) is 23.8 Å². The first-order chi connectivity index (χ1) is 13.7. The Balaban J connectivity index is 1.49. The van der Waals surface area contributed by atoms with E-state index in [0.717, 1.165) is 12.8 Å². The van der Waals surface area contributed by atoms with Crippen LogP contribution in [0.5, 0.6) is 11.6 Å². The lowest BCUT2D eigenvalue weighted by molar-refractivity contribution is -0.133. The number of aromatic nitrogens is 4. The summed E-state index contributed by atoms with van der Waals surface area (Å²) in [5.74, 6) is 0.606. The third-order valence-electron chi connectivity index (χ3n) is 4.74. The van der Waals surface area contributed by atoms with E-state index in [9.17, 15) is 9.18 Å². The summed E-state index contributed by atoms with van der Waals surface area (Å²) in [6, 6.07) is 7.57. The van der Waals surface area contributed by atoms with Crippen LogP contribution in [0.3, 0.4) is 0 Å². The number of halogens is 1. The summed E-state index contributed by atoms with van der Waals surface area (Å²) < 4.78 is 20.6. The summed E-state index contributed by atoms with van der Waals surface area (Å²) >= 11 is 0. The van der Waals surface area contributed by atoms with Crippen molar-refractivity contribution >= 4 is 5.91 Å². The SMILES string of the molecule is O=C(Cn1cccn1)N1CCC[C@@H](c2nccnc2Oc2ccc(F)cc2)C1. The molecule has 1 amide bonds. The summed E-state index contributed by atoms with van der Waals surface area (Å²) in [6.07, 6.45) is 8.39. The van der Waals surface area contributed by atoms with Gasteiger partial charge in [-0.2, -0.15) is 5.10 Å². The molecule has 2 aromatic heterocycles. The van der Waals surface area contributed by atoms with Crippen molar-refractivity contribution in [3.05, 3.63) is 66.6 Å². The van der Waals surface area contributed by atoms with Gasteiger partial charge in [-0.25, -0.2) is 9.37 Å². The number of carbonyl (C=O) groups excluding carboxylic acids is 1. The molecule has 0 spiro atoms. The van der Waals surface area contributed by atoms with Gasteiger partial charge >= 0.3 is 0 Å². The number of carbonyl (C=O) groups is 1. The molecular weight excluding hydrogens is 361 g/mol. The van der Waals surface area contributed by atoms with Gasteiger partial charge in [-0.05, 0) is 43.2 Å². The lowest BCUT2D eigenvalue weighted by Gasteiger charge is -2.32. The average Bonchev–Trinajstić information content (AvgIpc) is 3.23. The van der Waals surface area contributed by atoms with E-state index >= 15 is 0 Å². The Bertz CT molecular complexity index is 930. The average molecular weight is 381 g/mol. The van der Waals surface area contributed by atoms with Gasteiger partial charge in [-0.15, -0.1) is 0 Å².